The Hall–Kier alpha value is -1.18. The van der Waals surface area contributed by atoms with Crippen LogP contribution in [-0.2, 0) is 10.0 Å². The van der Waals surface area contributed by atoms with Crippen molar-refractivity contribution >= 4 is 15.8 Å². The predicted octanol–water partition coefficient (Wildman–Crippen LogP) is 0.884. The molecule has 7 heteroatoms. The summed E-state index contributed by atoms with van der Waals surface area (Å²) < 4.78 is 27.3. The number of hydrogen-bond donors (Lipinski definition) is 2. The zero-order valence-corrected chi connectivity index (χ0v) is 12.9. The highest BCUT2D eigenvalue weighted by atomic mass is 32.2. The summed E-state index contributed by atoms with van der Waals surface area (Å²) in [6, 6.07) is 3.96. The van der Waals surface area contributed by atoms with Crippen LogP contribution in [0.2, 0.25) is 0 Å². The quantitative estimate of drug-likeness (QED) is 0.782. The first-order valence-corrected chi connectivity index (χ1v) is 8.28. The van der Waals surface area contributed by atoms with Crippen LogP contribution in [0.1, 0.15) is 19.8 Å². The maximum atomic E-state index is 12.3. The molecule has 0 aromatic carbocycles. The Morgan fingerprint density at radius 3 is 2.80 bits per heavy atom. The van der Waals surface area contributed by atoms with Crippen molar-refractivity contribution in [2.24, 2.45) is 0 Å². The lowest BCUT2D eigenvalue weighted by Gasteiger charge is -2.24. The summed E-state index contributed by atoms with van der Waals surface area (Å²) in [6.07, 6.45) is 3.98. The highest BCUT2D eigenvalue weighted by Gasteiger charge is 2.30. The molecule has 1 fully saturated rings. The average molecular weight is 298 g/mol. The minimum absolute atomic E-state index is 0.173. The second-order valence-electron chi connectivity index (χ2n) is 5.20. The van der Waals surface area contributed by atoms with Gasteiger partial charge >= 0.3 is 0 Å². The van der Waals surface area contributed by atoms with Crippen molar-refractivity contribution in [1.82, 2.24) is 14.6 Å². The summed E-state index contributed by atoms with van der Waals surface area (Å²) in [4.78, 5) is 6.43. The van der Waals surface area contributed by atoms with Gasteiger partial charge < -0.3 is 5.32 Å². The number of pyridine rings is 1. The lowest BCUT2D eigenvalue weighted by Crippen LogP contribution is -2.41. The minimum Gasteiger partial charge on any atom is -0.372 e. The highest BCUT2D eigenvalue weighted by molar-refractivity contribution is 7.89. The van der Waals surface area contributed by atoms with Gasteiger partial charge in [-0.2, -0.15) is 0 Å². The maximum absolute atomic E-state index is 12.3. The van der Waals surface area contributed by atoms with E-state index < -0.39 is 10.0 Å². The van der Waals surface area contributed by atoms with E-state index in [0.717, 1.165) is 0 Å². The lowest BCUT2D eigenvalue weighted by molar-refractivity contribution is 0.248. The molecule has 1 unspecified atom stereocenters. The van der Waals surface area contributed by atoms with E-state index in [1.54, 1.807) is 25.4 Å². The van der Waals surface area contributed by atoms with E-state index in [1.165, 1.54) is 12.8 Å². The molecule has 20 heavy (non-hydrogen) atoms. The van der Waals surface area contributed by atoms with Crippen LogP contribution in [0.3, 0.4) is 0 Å². The first-order valence-electron chi connectivity index (χ1n) is 6.80. The summed E-state index contributed by atoms with van der Waals surface area (Å²) in [5, 5.41) is 2.80. The fourth-order valence-electron chi connectivity index (χ4n) is 2.09. The standard InChI is InChI=1S/C13H22N4O2S/c1-10(17(3)11-6-7-11)9-16-20(18,19)12-5-4-8-15-13(12)14-2/h4-5,8,10-11,16H,6-7,9H2,1-3H3,(H,14,15). The molecule has 0 saturated heterocycles. The van der Waals surface area contributed by atoms with Crippen molar-refractivity contribution < 1.29 is 8.42 Å². The second-order valence-corrected chi connectivity index (χ2v) is 6.93. The second kappa shape index (κ2) is 6.07. The molecule has 0 amide bonds. The Morgan fingerprint density at radius 1 is 1.50 bits per heavy atom. The number of anilines is 1. The van der Waals surface area contributed by atoms with Gasteiger partial charge in [-0.25, -0.2) is 18.1 Å². The van der Waals surface area contributed by atoms with E-state index in [-0.39, 0.29) is 10.9 Å². The fourth-order valence-corrected chi connectivity index (χ4v) is 3.37. The van der Waals surface area contributed by atoms with E-state index >= 15 is 0 Å². The van der Waals surface area contributed by atoms with Gasteiger partial charge in [0.05, 0.1) is 0 Å². The normalized spacial score (nSPS) is 17.2. The van der Waals surface area contributed by atoms with Crippen LogP contribution in [0.5, 0.6) is 0 Å². The third kappa shape index (κ3) is 3.47. The van der Waals surface area contributed by atoms with Gasteiger partial charge in [-0.05, 0) is 38.9 Å². The van der Waals surface area contributed by atoms with Crippen LogP contribution >= 0.6 is 0 Å². The van der Waals surface area contributed by atoms with Crippen molar-refractivity contribution in [2.75, 3.05) is 26.0 Å². The average Bonchev–Trinajstić information content (AvgIpc) is 3.28. The van der Waals surface area contributed by atoms with Gasteiger partial charge in [0.15, 0.2) is 0 Å². The Kier molecular flexibility index (Phi) is 4.62. The molecule has 1 saturated carbocycles. The van der Waals surface area contributed by atoms with E-state index in [1.807, 2.05) is 14.0 Å². The summed E-state index contributed by atoms with van der Waals surface area (Å²) in [6.45, 7) is 2.43. The van der Waals surface area contributed by atoms with Crippen molar-refractivity contribution in [1.29, 1.82) is 0 Å². The molecule has 2 rings (SSSR count). The molecule has 1 heterocycles. The summed E-state index contributed by atoms with van der Waals surface area (Å²) in [5.74, 6) is 0.364. The minimum atomic E-state index is -3.54. The Balaban J connectivity index is 2.03. The number of likely N-dealkylation sites (N-methyl/N-ethyl adjacent to an activating group) is 1. The Morgan fingerprint density at radius 2 is 2.20 bits per heavy atom. The van der Waals surface area contributed by atoms with Gasteiger partial charge in [-0.3, -0.25) is 4.90 Å². The monoisotopic (exact) mass is 298 g/mol. The number of nitrogens with one attached hydrogen (secondary N) is 2. The summed E-state index contributed by atoms with van der Waals surface area (Å²) >= 11 is 0. The SMILES string of the molecule is CNc1ncccc1S(=O)(=O)NCC(C)N(C)C1CC1. The van der Waals surface area contributed by atoms with Crippen LogP contribution in [0.25, 0.3) is 0 Å². The molecule has 1 aliphatic rings. The number of sulfonamides is 1. The smallest absolute Gasteiger partial charge is 0.244 e. The van der Waals surface area contributed by atoms with Crippen LogP contribution < -0.4 is 10.0 Å². The van der Waals surface area contributed by atoms with Crippen LogP contribution in [0, 0.1) is 0 Å². The molecule has 0 aliphatic heterocycles. The fraction of sp³-hybridized carbons (Fsp3) is 0.615. The van der Waals surface area contributed by atoms with Gasteiger partial charge in [-0.15, -0.1) is 0 Å². The van der Waals surface area contributed by atoms with Gasteiger partial charge in [0.2, 0.25) is 10.0 Å². The van der Waals surface area contributed by atoms with Gasteiger partial charge in [-0.1, -0.05) is 0 Å². The van der Waals surface area contributed by atoms with E-state index in [9.17, 15) is 8.42 Å². The molecule has 0 bridgehead atoms. The van der Waals surface area contributed by atoms with Gasteiger partial charge in [0.1, 0.15) is 10.7 Å². The van der Waals surface area contributed by atoms with Gasteiger partial charge in [0.25, 0.3) is 0 Å². The third-order valence-electron chi connectivity index (χ3n) is 3.68. The Bertz CT molecular complexity index is 557. The van der Waals surface area contributed by atoms with Crippen LogP contribution in [0.4, 0.5) is 5.82 Å². The number of rotatable bonds is 7. The van der Waals surface area contributed by atoms with Crippen LogP contribution in [-0.4, -0.2) is 51.0 Å². The van der Waals surface area contributed by atoms with Crippen molar-refractivity contribution in [2.45, 2.75) is 36.7 Å². The molecule has 1 aromatic heterocycles. The third-order valence-corrected chi connectivity index (χ3v) is 5.14. The van der Waals surface area contributed by atoms with Crippen LogP contribution in [0.15, 0.2) is 23.2 Å². The first kappa shape index (κ1) is 15.2. The number of aromatic nitrogens is 1. The number of nitrogens with zero attached hydrogens (tertiary/aromatic N) is 2. The zero-order valence-electron chi connectivity index (χ0n) is 12.1. The van der Waals surface area contributed by atoms with E-state index in [0.29, 0.717) is 18.4 Å². The molecule has 112 valence electrons. The predicted molar refractivity (Wildman–Crippen MR) is 79.2 cm³/mol. The van der Waals surface area contributed by atoms with Gasteiger partial charge in [0, 0.05) is 31.9 Å². The maximum Gasteiger partial charge on any atom is 0.244 e. The Labute approximate surface area is 120 Å². The molecule has 2 N–H and O–H groups in total. The van der Waals surface area contributed by atoms with E-state index in [4.69, 9.17) is 0 Å². The highest BCUT2D eigenvalue weighted by Crippen LogP contribution is 2.26. The molecular formula is C13H22N4O2S. The molecule has 1 aliphatic carbocycles. The molecular weight excluding hydrogens is 276 g/mol. The largest absolute Gasteiger partial charge is 0.372 e. The topological polar surface area (TPSA) is 74.3 Å². The molecule has 0 spiro atoms. The summed E-state index contributed by atoms with van der Waals surface area (Å²) in [7, 11) is 0.160. The van der Waals surface area contributed by atoms with Crippen molar-refractivity contribution in [3.63, 3.8) is 0 Å². The molecule has 0 radical (unpaired) electrons. The zero-order chi connectivity index (χ0) is 14.8. The lowest BCUT2D eigenvalue weighted by atomic mass is 10.3. The van der Waals surface area contributed by atoms with E-state index in [2.05, 4.69) is 19.9 Å². The number of hydrogen-bond acceptors (Lipinski definition) is 5. The van der Waals surface area contributed by atoms with Crippen molar-refractivity contribution in [3.8, 4) is 0 Å². The summed E-state index contributed by atoms with van der Waals surface area (Å²) in [5.41, 5.74) is 0. The van der Waals surface area contributed by atoms with Crippen molar-refractivity contribution in [3.05, 3.63) is 18.3 Å². The molecule has 1 aromatic rings. The molecule has 1 atom stereocenters. The first-order chi connectivity index (χ1) is 9.45. The molecule has 6 nitrogen and oxygen atoms in total.